The van der Waals surface area contributed by atoms with Crippen LogP contribution in [0.25, 0.3) is 0 Å². The Kier molecular flexibility index (Phi) is 2.08. The normalized spacial score (nSPS) is 23.1. The third-order valence-corrected chi connectivity index (χ3v) is 3.70. The molecule has 1 aromatic carbocycles. The summed E-state index contributed by atoms with van der Waals surface area (Å²) in [4.78, 5) is 2.35. The Labute approximate surface area is 92.7 Å². The van der Waals surface area contributed by atoms with E-state index in [2.05, 4.69) is 23.5 Å². The fraction of sp³-hybridized carbons (Fsp3) is 0.167. The van der Waals surface area contributed by atoms with Crippen LogP contribution in [-0.2, 0) is 0 Å². The molecule has 1 atom stereocenters. The molecule has 2 aliphatic rings. The molecule has 0 fully saturated rings. The molecule has 0 saturated carbocycles. The van der Waals surface area contributed by atoms with Gasteiger partial charge in [0.25, 0.3) is 0 Å². The first-order valence-corrected chi connectivity index (χ1v) is 5.79. The molecule has 3 rings (SSSR count). The number of hydrogen-bond acceptors (Lipinski definition) is 3. The highest BCUT2D eigenvalue weighted by Gasteiger charge is 2.21. The van der Waals surface area contributed by atoms with Gasteiger partial charge in [-0.3, -0.25) is 0 Å². The van der Waals surface area contributed by atoms with Crippen molar-refractivity contribution < 1.29 is 5.11 Å². The van der Waals surface area contributed by atoms with Crippen LogP contribution in [0.15, 0.2) is 51.9 Å². The van der Waals surface area contributed by atoms with E-state index in [0.717, 1.165) is 16.3 Å². The Bertz CT molecular complexity index is 464. The quantitative estimate of drug-likeness (QED) is 0.701. The van der Waals surface area contributed by atoms with E-state index in [0.29, 0.717) is 6.42 Å². The zero-order valence-corrected chi connectivity index (χ0v) is 8.92. The van der Waals surface area contributed by atoms with Crippen molar-refractivity contribution in [3.63, 3.8) is 0 Å². The number of aliphatic hydroxyl groups is 1. The number of fused-ring (bicyclic) bond motifs is 2. The number of benzene rings is 1. The molecule has 1 aromatic rings. The van der Waals surface area contributed by atoms with Crippen LogP contribution < -0.4 is 5.32 Å². The molecule has 0 saturated heterocycles. The summed E-state index contributed by atoms with van der Waals surface area (Å²) in [7, 11) is 0. The predicted molar refractivity (Wildman–Crippen MR) is 62.7 cm³/mol. The van der Waals surface area contributed by atoms with Gasteiger partial charge in [0.05, 0.1) is 11.8 Å². The number of nitrogens with one attached hydrogen (secondary N) is 1. The molecule has 3 heteroatoms. The lowest BCUT2D eigenvalue weighted by atomic mass is 10.1. The third kappa shape index (κ3) is 1.58. The average Bonchev–Trinajstić information content (AvgIpc) is 2.26. The average molecular weight is 217 g/mol. The molecule has 1 aliphatic heterocycles. The molecule has 0 bridgehead atoms. The highest BCUT2D eigenvalue weighted by atomic mass is 32.2. The van der Waals surface area contributed by atoms with Crippen molar-refractivity contribution in [2.45, 2.75) is 17.4 Å². The maximum Gasteiger partial charge on any atom is 0.0770 e. The number of anilines is 1. The molecular formula is C12H11NOS. The van der Waals surface area contributed by atoms with Crippen molar-refractivity contribution in [1.82, 2.24) is 0 Å². The summed E-state index contributed by atoms with van der Waals surface area (Å²) >= 11 is 1.72. The molecule has 0 radical (unpaired) electrons. The molecule has 0 aromatic heterocycles. The van der Waals surface area contributed by atoms with Crippen LogP contribution in [0.4, 0.5) is 5.69 Å². The summed E-state index contributed by atoms with van der Waals surface area (Å²) in [6, 6.07) is 8.22. The van der Waals surface area contributed by atoms with E-state index in [-0.39, 0.29) is 6.10 Å². The monoisotopic (exact) mass is 217 g/mol. The fourth-order valence-electron chi connectivity index (χ4n) is 1.80. The van der Waals surface area contributed by atoms with Crippen molar-refractivity contribution in [2.24, 2.45) is 0 Å². The molecule has 2 N–H and O–H groups in total. The van der Waals surface area contributed by atoms with Crippen molar-refractivity contribution in [3.05, 3.63) is 47.0 Å². The van der Waals surface area contributed by atoms with Crippen molar-refractivity contribution in [2.75, 3.05) is 5.32 Å². The van der Waals surface area contributed by atoms with Gasteiger partial charge in [-0.1, -0.05) is 30.0 Å². The van der Waals surface area contributed by atoms with Gasteiger partial charge in [-0.2, -0.15) is 0 Å². The lowest BCUT2D eigenvalue weighted by Gasteiger charge is -2.26. The second-order valence-corrected chi connectivity index (χ2v) is 4.76. The topological polar surface area (TPSA) is 32.3 Å². The minimum Gasteiger partial charge on any atom is -0.389 e. The summed E-state index contributed by atoms with van der Waals surface area (Å²) in [6.45, 7) is 0. The highest BCUT2D eigenvalue weighted by Crippen LogP contribution is 2.43. The highest BCUT2D eigenvalue weighted by molar-refractivity contribution is 8.03. The Morgan fingerprint density at radius 3 is 3.13 bits per heavy atom. The SMILES string of the molecule is OC1C=C2Sc3ccccc3NC2=CC1. The Balaban J connectivity index is 2.04. The first-order valence-electron chi connectivity index (χ1n) is 4.97. The van der Waals surface area contributed by atoms with E-state index < -0.39 is 0 Å². The Hall–Kier alpha value is -1.19. The number of rotatable bonds is 0. The lowest BCUT2D eigenvalue weighted by molar-refractivity contribution is 0.225. The second kappa shape index (κ2) is 3.43. The van der Waals surface area contributed by atoms with E-state index >= 15 is 0 Å². The van der Waals surface area contributed by atoms with Gasteiger partial charge in [0.15, 0.2) is 0 Å². The van der Waals surface area contributed by atoms with Crippen molar-refractivity contribution in [1.29, 1.82) is 0 Å². The van der Waals surface area contributed by atoms with Crippen LogP contribution in [0.1, 0.15) is 6.42 Å². The largest absolute Gasteiger partial charge is 0.389 e. The van der Waals surface area contributed by atoms with Gasteiger partial charge in [0.1, 0.15) is 0 Å². The summed E-state index contributed by atoms with van der Waals surface area (Å²) < 4.78 is 0. The van der Waals surface area contributed by atoms with E-state index in [1.165, 1.54) is 4.90 Å². The number of aliphatic hydroxyl groups excluding tert-OH is 1. The van der Waals surface area contributed by atoms with Crippen molar-refractivity contribution in [3.8, 4) is 0 Å². The first kappa shape index (κ1) is 9.07. The summed E-state index contributed by atoms with van der Waals surface area (Å²) in [5.41, 5.74) is 2.28. The van der Waals surface area contributed by atoms with E-state index in [4.69, 9.17) is 0 Å². The van der Waals surface area contributed by atoms with E-state index in [1.54, 1.807) is 11.8 Å². The van der Waals surface area contributed by atoms with E-state index in [1.807, 2.05) is 18.2 Å². The Morgan fingerprint density at radius 1 is 1.33 bits per heavy atom. The minimum absolute atomic E-state index is 0.330. The second-order valence-electron chi connectivity index (χ2n) is 3.67. The predicted octanol–water partition coefficient (Wildman–Crippen LogP) is 2.74. The Morgan fingerprint density at radius 2 is 2.20 bits per heavy atom. The van der Waals surface area contributed by atoms with Gasteiger partial charge < -0.3 is 10.4 Å². The number of thioether (sulfide) groups is 1. The molecule has 0 amide bonds. The van der Waals surface area contributed by atoms with E-state index in [9.17, 15) is 5.11 Å². The number of hydrogen-bond donors (Lipinski definition) is 2. The standard InChI is InChI=1S/C12H11NOS/c14-8-5-6-10-12(7-8)15-11-4-2-1-3-9(11)13-10/h1-4,6-8,13-14H,5H2. The van der Waals surface area contributed by atoms with Gasteiger partial charge in [-0.25, -0.2) is 0 Å². The summed E-state index contributed by atoms with van der Waals surface area (Å²) in [5, 5.41) is 12.9. The van der Waals surface area contributed by atoms with Crippen LogP contribution in [0, 0.1) is 0 Å². The molecule has 1 unspecified atom stereocenters. The zero-order valence-electron chi connectivity index (χ0n) is 8.10. The summed E-state index contributed by atoms with van der Waals surface area (Å²) in [6.07, 6.45) is 4.35. The van der Waals surface area contributed by atoms with Gasteiger partial charge in [0.2, 0.25) is 0 Å². The molecule has 2 nitrogen and oxygen atoms in total. The van der Waals surface area contributed by atoms with Gasteiger partial charge >= 0.3 is 0 Å². The molecule has 1 aliphatic carbocycles. The fourth-order valence-corrected chi connectivity index (χ4v) is 2.88. The lowest BCUT2D eigenvalue weighted by Crippen LogP contribution is -2.14. The summed E-state index contributed by atoms with van der Waals surface area (Å²) in [5.74, 6) is 0. The van der Waals surface area contributed by atoms with Crippen LogP contribution in [0.5, 0.6) is 0 Å². The van der Waals surface area contributed by atoms with Crippen LogP contribution in [0.2, 0.25) is 0 Å². The molecular weight excluding hydrogens is 206 g/mol. The molecule has 1 heterocycles. The minimum atomic E-state index is -0.330. The third-order valence-electron chi connectivity index (χ3n) is 2.55. The smallest absolute Gasteiger partial charge is 0.0770 e. The first-order chi connectivity index (χ1) is 7.33. The molecule has 0 spiro atoms. The van der Waals surface area contributed by atoms with Crippen LogP contribution in [-0.4, -0.2) is 11.2 Å². The number of para-hydroxylation sites is 1. The van der Waals surface area contributed by atoms with Crippen molar-refractivity contribution >= 4 is 17.4 Å². The van der Waals surface area contributed by atoms with Crippen LogP contribution >= 0.6 is 11.8 Å². The molecule has 76 valence electrons. The van der Waals surface area contributed by atoms with Gasteiger partial charge in [0, 0.05) is 15.5 Å². The molecule has 15 heavy (non-hydrogen) atoms. The van der Waals surface area contributed by atoms with Gasteiger partial charge in [-0.05, 0) is 24.6 Å². The van der Waals surface area contributed by atoms with Gasteiger partial charge in [-0.15, -0.1) is 0 Å². The maximum atomic E-state index is 9.53. The zero-order chi connectivity index (χ0) is 10.3. The van der Waals surface area contributed by atoms with Crippen LogP contribution in [0.3, 0.4) is 0 Å². The maximum absolute atomic E-state index is 9.53.